The summed E-state index contributed by atoms with van der Waals surface area (Å²) in [5.74, 6) is 0.691. The maximum atomic E-state index is 12.1. The summed E-state index contributed by atoms with van der Waals surface area (Å²) in [5.41, 5.74) is 1.31. The van der Waals surface area contributed by atoms with Crippen molar-refractivity contribution in [3.05, 3.63) is 47.1 Å². The van der Waals surface area contributed by atoms with Crippen LogP contribution in [0.4, 0.5) is 8.78 Å². The summed E-state index contributed by atoms with van der Waals surface area (Å²) in [6.07, 6.45) is 1.66. The molecule has 23 heavy (non-hydrogen) atoms. The molecule has 0 amide bonds. The van der Waals surface area contributed by atoms with E-state index in [0.717, 1.165) is 0 Å². The summed E-state index contributed by atoms with van der Waals surface area (Å²) in [4.78, 5) is 0. The van der Waals surface area contributed by atoms with Gasteiger partial charge in [-0.1, -0.05) is 11.6 Å². The lowest BCUT2D eigenvalue weighted by molar-refractivity contribution is -0.0498. The fourth-order valence-electron chi connectivity index (χ4n) is 1.93. The Morgan fingerprint density at radius 1 is 1.26 bits per heavy atom. The summed E-state index contributed by atoms with van der Waals surface area (Å²) in [6, 6.07) is 5.93. The summed E-state index contributed by atoms with van der Waals surface area (Å²) in [7, 11) is 0. The molecule has 0 saturated heterocycles. The molecular weight excluding hydrogens is 330 g/mol. The number of ether oxygens (including phenoxy) is 1. The Bertz CT molecular complexity index is 782. The normalized spacial score (nSPS) is 11.2. The second-order valence-electron chi connectivity index (χ2n) is 4.66. The molecule has 0 aliphatic carbocycles. The number of hydrogen-bond acceptors (Lipinski definition) is 5. The first-order valence-electron chi connectivity index (χ1n) is 6.58. The van der Waals surface area contributed by atoms with Gasteiger partial charge in [0.2, 0.25) is 11.8 Å². The molecular formula is C14H11ClF2N4O2. The lowest BCUT2D eigenvalue weighted by atomic mass is 10.2. The number of rotatable bonds is 5. The van der Waals surface area contributed by atoms with E-state index in [2.05, 4.69) is 20.0 Å². The van der Waals surface area contributed by atoms with E-state index in [4.69, 9.17) is 16.0 Å². The van der Waals surface area contributed by atoms with Crippen molar-refractivity contribution in [1.29, 1.82) is 0 Å². The molecule has 0 N–H and O–H groups in total. The number of benzene rings is 1. The van der Waals surface area contributed by atoms with Crippen molar-refractivity contribution in [3.8, 4) is 17.2 Å². The summed E-state index contributed by atoms with van der Waals surface area (Å²) in [5, 5.41) is 12.6. The van der Waals surface area contributed by atoms with Gasteiger partial charge in [0.1, 0.15) is 12.3 Å². The van der Waals surface area contributed by atoms with Gasteiger partial charge in [0.15, 0.2) is 0 Å². The molecule has 0 bridgehead atoms. The van der Waals surface area contributed by atoms with Gasteiger partial charge in [0.05, 0.1) is 10.7 Å². The SMILES string of the molecule is Cc1nn(Cc2nnc(-c3ccc(OC(F)F)cc3)o2)cc1Cl. The van der Waals surface area contributed by atoms with E-state index in [9.17, 15) is 8.78 Å². The largest absolute Gasteiger partial charge is 0.435 e. The minimum absolute atomic E-state index is 0.0603. The van der Waals surface area contributed by atoms with Crippen LogP contribution in [0.25, 0.3) is 11.5 Å². The van der Waals surface area contributed by atoms with E-state index >= 15 is 0 Å². The number of alkyl halides is 2. The van der Waals surface area contributed by atoms with Crippen LogP contribution >= 0.6 is 11.6 Å². The van der Waals surface area contributed by atoms with Crippen molar-refractivity contribution in [2.24, 2.45) is 0 Å². The molecule has 0 radical (unpaired) electrons. The maximum Gasteiger partial charge on any atom is 0.387 e. The zero-order valence-electron chi connectivity index (χ0n) is 11.9. The third kappa shape index (κ3) is 3.65. The van der Waals surface area contributed by atoms with E-state index in [-0.39, 0.29) is 18.2 Å². The minimum Gasteiger partial charge on any atom is -0.435 e. The molecule has 0 fully saturated rings. The average molecular weight is 341 g/mol. The lowest BCUT2D eigenvalue weighted by Crippen LogP contribution is -2.01. The van der Waals surface area contributed by atoms with Crippen molar-refractivity contribution in [2.45, 2.75) is 20.1 Å². The Hall–Kier alpha value is -2.48. The Labute approximate surface area is 134 Å². The number of aryl methyl sites for hydroxylation is 1. The minimum atomic E-state index is -2.86. The topological polar surface area (TPSA) is 66.0 Å². The zero-order chi connectivity index (χ0) is 16.4. The van der Waals surface area contributed by atoms with Crippen molar-refractivity contribution in [3.63, 3.8) is 0 Å². The van der Waals surface area contributed by atoms with Crippen LogP contribution in [-0.2, 0) is 6.54 Å². The Kier molecular flexibility index (Phi) is 4.24. The maximum absolute atomic E-state index is 12.1. The Balaban J connectivity index is 1.73. The van der Waals surface area contributed by atoms with Gasteiger partial charge in [-0.3, -0.25) is 4.68 Å². The molecule has 0 saturated carbocycles. The fourth-order valence-corrected chi connectivity index (χ4v) is 2.08. The number of nitrogens with zero attached hydrogens (tertiary/aromatic N) is 4. The average Bonchev–Trinajstić information content (AvgIpc) is 3.07. The molecule has 1 aromatic carbocycles. The molecule has 0 aliphatic rings. The lowest BCUT2D eigenvalue weighted by Gasteiger charge is -2.03. The van der Waals surface area contributed by atoms with E-state index in [0.29, 0.717) is 22.2 Å². The third-order valence-corrected chi connectivity index (χ3v) is 3.35. The summed E-state index contributed by atoms with van der Waals surface area (Å²) < 4.78 is 35.6. The highest BCUT2D eigenvalue weighted by Crippen LogP contribution is 2.22. The second kappa shape index (κ2) is 6.33. The van der Waals surface area contributed by atoms with E-state index in [1.807, 2.05) is 0 Å². The first kappa shape index (κ1) is 15.4. The molecule has 0 aliphatic heterocycles. The van der Waals surface area contributed by atoms with Crippen LogP contribution in [0, 0.1) is 6.92 Å². The molecule has 0 atom stereocenters. The molecule has 0 unspecified atom stereocenters. The molecule has 3 rings (SSSR count). The van der Waals surface area contributed by atoms with Gasteiger partial charge in [-0.15, -0.1) is 10.2 Å². The Morgan fingerprint density at radius 3 is 2.61 bits per heavy atom. The van der Waals surface area contributed by atoms with Gasteiger partial charge in [0.25, 0.3) is 0 Å². The van der Waals surface area contributed by atoms with Crippen molar-refractivity contribution in [1.82, 2.24) is 20.0 Å². The van der Waals surface area contributed by atoms with Crippen LogP contribution in [0.2, 0.25) is 5.02 Å². The molecule has 2 heterocycles. The highest BCUT2D eigenvalue weighted by atomic mass is 35.5. The van der Waals surface area contributed by atoms with Gasteiger partial charge < -0.3 is 9.15 Å². The van der Waals surface area contributed by atoms with Crippen LogP contribution in [0.3, 0.4) is 0 Å². The fraction of sp³-hybridized carbons (Fsp3) is 0.214. The predicted octanol–water partition coefficient (Wildman–Crippen LogP) is 3.54. The standard InChI is InChI=1S/C14H11ClF2N4O2/c1-8-11(15)6-21(20-8)7-12-18-19-13(23-12)9-2-4-10(5-3-9)22-14(16)17/h2-6,14H,7H2,1H3. The highest BCUT2D eigenvalue weighted by Gasteiger charge is 2.11. The number of hydrogen-bond donors (Lipinski definition) is 0. The second-order valence-corrected chi connectivity index (χ2v) is 5.07. The van der Waals surface area contributed by atoms with Crippen LogP contribution in [0.15, 0.2) is 34.9 Å². The number of halogens is 3. The van der Waals surface area contributed by atoms with Gasteiger partial charge in [-0.2, -0.15) is 13.9 Å². The van der Waals surface area contributed by atoms with E-state index in [1.54, 1.807) is 29.9 Å². The van der Waals surface area contributed by atoms with Gasteiger partial charge in [-0.05, 0) is 31.2 Å². The highest BCUT2D eigenvalue weighted by molar-refractivity contribution is 6.31. The molecule has 3 aromatic rings. The molecule has 6 nitrogen and oxygen atoms in total. The first-order valence-corrected chi connectivity index (χ1v) is 6.96. The van der Waals surface area contributed by atoms with Crippen molar-refractivity contribution in [2.75, 3.05) is 0 Å². The summed E-state index contributed by atoms with van der Waals surface area (Å²) in [6.45, 7) is -0.783. The van der Waals surface area contributed by atoms with E-state index in [1.165, 1.54) is 12.1 Å². The van der Waals surface area contributed by atoms with Gasteiger partial charge in [-0.25, -0.2) is 0 Å². The zero-order valence-corrected chi connectivity index (χ0v) is 12.7. The van der Waals surface area contributed by atoms with Crippen LogP contribution < -0.4 is 4.74 Å². The van der Waals surface area contributed by atoms with Gasteiger partial charge >= 0.3 is 6.61 Å². The smallest absolute Gasteiger partial charge is 0.387 e. The number of aromatic nitrogens is 4. The quantitative estimate of drug-likeness (QED) is 0.710. The van der Waals surface area contributed by atoms with Gasteiger partial charge in [0, 0.05) is 11.8 Å². The molecule has 2 aromatic heterocycles. The van der Waals surface area contributed by atoms with Crippen LogP contribution in [0.5, 0.6) is 5.75 Å². The van der Waals surface area contributed by atoms with Crippen LogP contribution in [0.1, 0.15) is 11.6 Å². The monoisotopic (exact) mass is 340 g/mol. The van der Waals surface area contributed by atoms with Crippen molar-refractivity contribution < 1.29 is 17.9 Å². The third-order valence-electron chi connectivity index (χ3n) is 2.98. The van der Waals surface area contributed by atoms with E-state index < -0.39 is 6.61 Å². The predicted molar refractivity (Wildman–Crippen MR) is 77.4 cm³/mol. The Morgan fingerprint density at radius 2 is 2.00 bits per heavy atom. The first-order chi connectivity index (χ1) is 11.0. The van der Waals surface area contributed by atoms with Crippen LogP contribution in [-0.4, -0.2) is 26.6 Å². The molecule has 120 valence electrons. The molecule has 9 heteroatoms. The van der Waals surface area contributed by atoms with Crippen molar-refractivity contribution >= 4 is 11.6 Å². The molecule has 0 spiro atoms. The summed E-state index contributed by atoms with van der Waals surface area (Å²) >= 11 is 5.93.